The van der Waals surface area contributed by atoms with Crippen molar-refractivity contribution >= 4 is 5.97 Å². The molecule has 0 saturated carbocycles. The van der Waals surface area contributed by atoms with Gasteiger partial charge in [-0.2, -0.15) is 0 Å². The standard InChI is InChI=1S/C11H23NO2/c1-7(2)10(8(3)4)6-12-9(5)11(13)14/h7-10,12H,6H2,1-5H3,(H,13,14)/t9-/m0/s1. The van der Waals surface area contributed by atoms with Crippen LogP contribution in [-0.2, 0) is 4.79 Å². The first kappa shape index (κ1) is 13.4. The maximum absolute atomic E-state index is 10.6. The number of nitrogens with one attached hydrogen (secondary N) is 1. The van der Waals surface area contributed by atoms with Gasteiger partial charge in [-0.1, -0.05) is 27.7 Å². The third-order valence-corrected chi connectivity index (χ3v) is 2.74. The van der Waals surface area contributed by atoms with Crippen molar-refractivity contribution in [3.05, 3.63) is 0 Å². The van der Waals surface area contributed by atoms with Gasteiger partial charge < -0.3 is 10.4 Å². The maximum atomic E-state index is 10.6. The first-order valence-corrected chi connectivity index (χ1v) is 5.32. The first-order valence-electron chi connectivity index (χ1n) is 5.32. The second-order valence-electron chi connectivity index (χ2n) is 4.62. The van der Waals surface area contributed by atoms with Gasteiger partial charge in [0.25, 0.3) is 0 Å². The molecule has 3 nitrogen and oxygen atoms in total. The number of carboxylic acid groups (broad SMARTS) is 1. The second-order valence-corrected chi connectivity index (χ2v) is 4.62. The lowest BCUT2D eigenvalue weighted by atomic mass is 9.85. The molecule has 3 heteroatoms. The molecule has 0 fully saturated rings. The molecular formula is C11H23NO2. The van der Waals surface area contributed by atoms with E-state index in [0.717, 1.165) is 6.54 Å². The number of hydrogen-bond donors (Lipinski definition) is 2. The minimum atomic E-state index is -0.781. The molecule has 0 rings (SSSR count). The average Bonchev–Trinajstić information content (AvgIpc) is 2.02. The minimum Gasteiger partial charge on any atom is -0.480 e. The molecule has 0 heterocycles. The summed E-state index contributed by atoms with van der Waals surface area (Å²) in [5.41, 5.74) is 0. The Balaban J connectivity index is 4.00. The van der Waals surface area contributed by atoms with Crippen molar-refractivity contribution in [2.45, 2.75) is 40.7 Å². The van der Waals surface area contributed by atoms with Crippen molar-refractivity contribution in [2.75, 3.05) is 6.54 Å². The Morgan fingerprint density at radius 1 is 1.14 bits per heavy atom. The molecule has 2 N–H and O–H groups in total. The fourth-order valence-corrected chi connectivity index (χ4v) is 1.64. The van der Waals surface area contributed by atoms with E-state index in [1.165, 1.54) is 0 Å². The lowest BCUT2D eigenvalue weighted by Crippen LogP contribution is -2.39. The molecule has 0 bridgehead atoms. The van der Waals surface area contributed by atoms with Crippen LogP contribution in [0.15, 0.2) is 0 Å². The Kier molecular flexibility index (Phi) is 5.77. The van der Waals surface area contributed by atoms with E-state index in [1.54, 1.807) is 6.92 Å². The van der Waals surface area contributed by atoms with E-state index in [0.29, 0.717) is 17.8 Å². The molecule has 1 atom stereocenters. The largest absolute Gasteiger partial charge is 0.480 e. The lowest BCUT2D eigenvalue weighted by molar-refractivity contribution is -0.139. The van der Waals surface area contributed by atoms with Gasteiger partial charge in [0.1, 0.15) is 6.04 Å². The SMILES string of the molecule is CC(C)C(CN[C@@H](C)C(=O)O)C(C)C. The summed E-state index contributed by atoms with van der Waals surface area (Å²) in [6, 6.07) is -0.449. The number of rotatable bonds is 6. The van der Waals surface area contributed by atoms with E-state index >= 15 is 0 Å². The summed E-state index contributed by atoms with van der Waals surface area (Å²) in [6.07, 6.45) is 0. The molecule has 0 aliphatic rings. The van der Waals surface area contributed by atoms with E-state index < -0.39 is 12.0 Å². The molecule has 0 amide bonds. The third kappa shape index (κ3) is 4.61. The molecular weight excluding hydrogens is 178 g/mol. The molecule has 14 heavy (non-hydrogen) atoms. The van der Waals surface area contributed by atoms with Crippen LogP contribution in [0.5, 0.6) is 0 Å². The fourth-order valence-electron chi connectivity index (χ4n) is 1.64. The number of aliphatic carboxylic acids is 1. The van der Waals surface area contributed by atoms with Gasteiger partial charge in [0, 0.05) is 0 Å². The highest BCUT2D eigenvalue weighted by Gasteiger charge is 2.19. The average molecular weight is 201 g/mol. The van der Waals surface area contributed by atoms with Gasteiger partial charge in [0.15, 0.2) is 0 Å². The third-order valence-electron chi connectivity index (χ3n) is 2.74. The molecule has 0 aromatic carbocycles. The Labute approximate surface area is 86.9 Å². The molecule has 0 aliphatic heterocycles. The predicted molar refractivity (Wildman–Crippen MR) is 58.3 cm³/mol. The highest BCUT2D eigenvalue weighted by atomic mass is 16.4. The van der Waals surface area contributed by atoms with Crippen LogP contribution in [0.2, 0.25) is 0 Å². The van der Waals surface area contributed by atoms with Crippen LogP contribution in [0.4, 0.5) is 0 Å². The van der Waals surface area contributed by atoms with Crippen molar-refractivity contribution < 1.29 is 9.90 Å². The summed E-state index contributed by atoms with van der Waals surface area (Å²) in [6.45, 7) is 11.2. The maximum Gasteiger partial charge on any atom is 0.320 e. The summed E-state index contributed by atoms with van der Waals surface area (Å²) < 4.78 is 0. The molecule has 0 radical (unpaired) electrons. The summed E-state index contributed by atoms with van der Waals surface area (Å²) >= 11 is 0. The van der Waals surface area contributed by atoms with Crippen LogP contribution in [0.3, 0.4) is 0 Å². The van der Waals surface area contributed by atoms with E-state index in [-0.39, 0.29) is 0 Å². The summed E-state index contributed by atoms with van der Waals surface area (Å²) in [4.78, 5) is 10.6. The van der Waals surface area contributed by atoms with Crippen molar-refractivity contribution in [2.24, 2.45) is 17.8 Å². The van der Waals surface area contributed by atoms with Crippen LogP contribution >= 0.6 is 0 Å². The highest BCUT2D eigenvalue weighted by molar-refractivity contribution is 5.72. The number of hydrogen-bond acceptors (Lipinski definition) is 2. The Morgan fingerprint density at radius 3 is 1.86 bits per heavy atom. The Morgan fingerprint density at radius 2 is 1.57 bits per heavy atom. The lowest BCUT2D eigenvalue weighted by Gasteiger charge is -2.26. The zero-order chi connectivity index (χ0) is 11.3. The van der Waals surface area contributed by atoms with Crippen LogP contribution in [-0.4, -0.2) is 23.7 Å². The molecule has 0 unspecified atom stereocenters. The van der Waals surface area contributed by atoms with Crippen LogP contribution < -0.4 is 5.32 Å². The first-order chi connectivity index (χ1) is 6.36. The number of carboxylic acids is 1. The van der Waals surface area contributed by atoms with Gasteiger partial charge >= 0.3 is 5.97 Å². The van der Waals surface area contributed by atoms with Crippen molar-refractivity contribution in [3.8, 4) is 0 Å². The van der Waals surface area contributed by atoms with Crippen LogP contribution in [0, 0.1) is 17.8 Å². The van der Waals surface area contributed by atoms with Crippen molar-refractivity contribution in [1.29, 1.82) is 0 Å². The molecule has 0 spiro atoms. The van der Waals surface area contributed by atoms with E-state index in [2.05, 4.69) is 33.0 Å². The summed E-state index contributed by atoms with van der Waals surface area (Å²) in [7, 11) is 0. The van der Waals surface area contributed by atoms with Gasteiger partial charge in [-0.05, 0) is 31.2 Å². The van der Waals surface area contributed by atoms with Crippen LogP contribution in [0.1, 0.15) is 34.6 Å². The normalized spacial score (nSPS) is 14.0. The molecule has 84 valence electrons. The Bertz CT molecular complexity index is 170. The second kappa shape index (κ2) is 6.02. The summed E-state index contributed by atoms with van der Waals surface area (Å²) in [5, 5.41) is 11.8. The minimum absolute atomic E-state index is 0.449. The quantitative estimate of drug-likeness (QED) is 0.691. The zero-order valence-electron chi connectivity index (χ0n) is 9.87. The molecule has 0 aliphatic carbocycles. The number of carbonyl (C=O) groups is 1. The highest BCUT2D eigenvalue weighted by Crippen LogP contribution is 2.19. The molecule has 0 aromatic heterocycles. The van der Waals surface area contributed by atoms with E-state index in [9.17, 15) is 4.79 Å². The zero-order valence-corrected chi connectivity index (χ0v) is 9.87. The summed E-state index contributed by atoms with van der Waals surface area (Å²) in [5.74, 6) is 0.931. The van der Waals surface area contributed by atoms with E-state index in [1.807, 2.05) is 0 Å². The predicted octanol–water partition coefficient (Wildman–Crippen LogP) is 1.98. The van der Waals surface area contributed by atoms with Gasteiger partial charge in [-0.15, -0.1) is 0 Å². The molecule has 0 saturated heterocycles. The topological polar surface area (TPSA) is 49.3 Å². The molecule has 0 aromatic rings. The van der Waals surface area contributed by atoms with Crippen LogP contribution in [0.25, 0.3) is 0 Å². The van der Waals surface area contributed by atoms with Gasteiger partial charge in [-0.3, -0.25) is 4.79 Å². The monoisotopic (exact) mass is 201 g/mol. The Hall–Kier alpha value is -0.570. The fraction of sp³-hybridized carbons (Fsp3) is 0.909. The smallest absolute Gasteiger partial charge is 0.320 e. The van der Waals surface area contributed by atoms with Gasteiger partial charge in [0.05, 0.1) is 0 Å². The van der Waals surface area contributed by atoms with Gasteiger partial charge in [0.2, 0.25) is 0 Å². The van der Waals surface area contributed by atoms with Gasteiger partial charge in [-0.25, -0.2) is 0 Å². The van der Waals surface area contributed by atoms with Crippen molar-refractivity contribution in [3.63, 3.8) is 0 Å². The van der Waals surface area contributed by atoms with E-state index in [4.69, 9.17) is 5.11 Å². The van der Waals surface area contributed by atoms with Crippen molar-refractivity contribution in [1.82, 2.24) is 5.32 Å².